The molecule has 0 saturated heterocycles. The van der Waals surface area contributed by atoms with Gasteiger partial charge in [0.1, 0.15) is 23.4 Å². The zero-order valence-corrected chi connectivity index (χ0v) is 19.5. The van der Waals surface area contributed by atoms with Crippen molar-refractivity contribution in [2.24, 2.45) is 10.9 Å². The second-order valence-electron chi connectivity index (χ2n) is 7.93. The van der Waals surface area contributed by atoms with E-state index in [-0.39, 0.29) is 42.2 Å². The number of amides is 3. The van der Waals surface area contributed by atoms with Gasteiger partial charge in [-0.25, -0.2) is 4.99 Å². The molecule has 0 aliphatic heterocycles. The van der Waals surface area contributed by atoms with Gasteiger partial charge in [-0.05, 0) is 44.6 Å². The van der Waals surface area contributed by atoms with Crippen LogP contribution in [0.3, 0.4) is 0 Å². The number of rotatable bonds is 12. The lowest BCUT2D eigenvalue weighted by molar-refractivity contribution is -0.120. The molecule has 34 heavy (non-hydrogen) atoms. The van der Waals surface area contributed by atoms with E-state index in [1.165, 1.54) is 24.3 Å². The number of carbonyl (C=O) groups is 3. The van der Waals surface area contributed by atoms with Crippen LogP contribution in [0.4, 0.5) is 0 Å². The highest BCUT2D eigenvalue weighted by Gasteiger charge is 2.25. The highest BCUT2D eigenvalue weighted by molar-refractivity contribution is 6.80. The maximum Gasteiger partial charge on any atom is 0.503 e. The Labute approximate surface area is 198 Å². The Balaban J connectivity index is 2.91. The molecule has 0 saturated carbocycles. The number of nitrogens with one attached hydrogen (secondary N) is 3. The molecule has 0 unspecified atom stereocenters. The van der Waals surface area contributed by atoms with Crippen molar-refractivity contribution < 1.29 is 24.4 Å². The Morgan fingerprint density at radius 1 is 1.26 bits per heavy atom. The number of pyridine rings is 1. The molecule has 1 atom stereocenters. The SMILES string of the molecule is C/C=C(\C#N)C(=O)NCCCC[C@H](NC(=O)c1cccc(=O)[nH]1)C(=O)N=C(CC(C)C)B(O)O. The van der Waals surface area contributed by atoms with Crippen molar-refractivity contribution in [2.45, 2.75) is 52.5 Å². The maximum absolute atomic E-state index is 12.8. The molecule has 0 radical (unpaired) electrons. The van der Waals surface area contributed by atoms with Gasteiger partial charge in [-0.1, -0.05) is 26.0 Å². The van der Waals surface area contributed by atoms with E-state index in [0.29, 0.717) is 12.8 Å². The molecule has 0 bridgehead atoms. The zero-order valence-electron chi connectivity index (χ0n) is 19.5. The van der Waals surface area contributed by atoms with Crippen molar-refractivity contribution in [3.63, 3.8) is 0 Å². The summed E-state index contributed by atoms with van der Waals surface area (Å²) in [4.78, 5) is 54.9. The summed E-state index contributed by atoms with van der Waals surface area (Å²) in [5.74, 6) is -1.95. The lowest BCUT2D eigenvalue weighted by Crippen LogP contribution is -2.42. The molecule has 0 spiro atoms. The van der Waals surface area contributed by atoms with Gasteiger partial charge >= 0.3 is 7.12 Å². The normalized spacial score (nSPS) is 12.6. The van der Waals surface area contributed by atoms with Gasteiger partial charge in [-0.2, -0.15) is 5.26 Å². The molecule has 1 heterocycles. The number of hydrogen-bond donors (Lipinski definition) is 5. The van der Waals surface area contributed by atoms with E-state index in [1.807, 2.05) is 13.8 Å². The molecule has 1 aromatic heterocycles. The number of nitrogens with zero attached hydrogens (tertiary/aromatic N) is 2. The van der Waals surface area contributed by atoms with E-state index < -0.39 is 36.4 Å². The quantitative estimate of drug-likeness (QED) is 0.0951. The third kappa shape index (κ3) is 9.93. The third-order valence-electron chi connectivity index (χ3n) is 4.64. The first-order chi connectivity index (χ1) is 16.1. The Kier molecular flexibility index (Phi) is 12.2. The van der Waals surface area contributed by atoms with E-state index in [9.17, 15) is 29.2 Å². The van der Waals surface area contributed by atoms with Crippen molar-refractivity contribution in [1.82, 2.24) is 15.6 Å². The van der Waals surface area contributed by atoms with Gasteiger partial charge in [0.05, 0.1) is 5.61 Å². The van der Waals surface area contributed by atoms with Crippen LogP contribution in [0.2, 0.25) is 0 Å². The largest absolute Gasteiger partial charge is 0.503 e. The van der Waals surface area contributed by atoms with Crippen LogP contribution in [0.5, 0.6) is 0 Å². The van der Waals surface area contributed by atoms with E-state index in [4.69, 9.17) is 5.26 Å². The van der Waals surface area contributed by atoms with E-state index in [1.54, 1.807) is 13.0 Å². The smallest absolute Gasteiger partial charge is 0.422 e. The second-order valence-corrected chi connectivity index (χ2v) is 7.93. The van der Waals surface area contributed by atoms with Crippen LogP contribution in [0.1, 0.15) is 56.9 Å². The number of unbranched alkanes of at least 4 members (excludes halogenated alkanes) is 1. The van der Waals surface area contributed by atoms with E-state index in [0.717, 1.165) is 0 Å². The second kappa shape index (κ2) is 14.6. The minimum atomic E-state index is -1.91. The molecule has 0 fully saturated rings. The molecule has 12 heteroatoms. The maximum atomic E-state index is 12.8. The molecule has 3 amide bonds. The van der Waals surface area contributed by atoms with Crippen molar-refractivity contribution in [2.75, 3.05) is 6.54 Å². The average Bonchev–Trinajstić information content (AvgIpc) is 2.77. The fraction of sp³-hybridized carbons (Fsp3) is 0.455. The number of nitriles is 1. The summed E-state index contributed by atoms with van der Waals surface area (Å²) in [6, 6.07) is 4.70. The first-order valence-corrected chi connectivity index (χ1v) is 10.9. The number of carbonyl (C=O) groups excluding carboxylic acids is 3. The number of aromatic amines is 1. The van der Waals surface area contributed by atoms with Gasteiger partial charge < -0.3 is 25.7 Å². The Morgan fingerprint density at radius 2 is 1.97 bits per heavy atom. The monoisotopic (exact) mass is 471 g/mol. The van der Waals surface area contributed by atoms with Crippen molar-refractivity contribution in [3.8, 4) is 6.07 Å². The van der Waals surface area contributed by atoms with E-state index >= 15 is 0 Å². The van der Waals surface area contributed by atoms with Gasteiger partial charge in [-0.3, -0.25) is 19.2 Å². The first kappa shape index (κ1) is 28.5. The van der Waals surface area contributed by atoms with Gasteiger partial charge in [0.2, 0.25) is 5.56 Å². The number of H-pyrrole nitrogens is 1. The van der Waals surface area contributed by atoms with Gasteiger partial charge in [0.25, 0.3) is 17.7 Å². The summed E-state index contributed by atoms with van der Waals surface area (Å²) >= 11 is 0. The molecule has 0 aliphatic carbocycles. The molecule has 0 aliphatic rings. The summed E-state index contributed by atoms with van der Waals surface area (Å²) in [6.45, 7) is 5.48. The van der Waals surface area contributed by atoms with Gasteiger partial charge in [-0.15, -0.1) is 0 Å². The van der Waals surface area contributed by atoms with Crippen LogP contribution in [0, 0.1) is 17.2 Å². The Morgan fingerprint density at radius 3 is 2.53 bits per heavy atom. The standard InChI is InChI=1S/C22H30BN5O6/c1-4-15(13-24)20(30)25-11-6-5-8-17(22(32)28-18(23(33)34)12-14(2)3)27-21(31)16-9-7-10-19(29)26-16/h4,7,9-10,14,17,33-34H,5-6,8,11-12H2,1-3H3,(H,25,30)(H,26,29)(H,27,31)/b15-4+,28-18?/t17-/m0/s1. The lowest BCUT2D eigenvalue weighted by atomic mass is 9.78. The van der Waals surface area contributed by atoms with Crippen LogP contribution < -0.4 is 16.2 Å². The fourth-order valence-corrected chi connectivity index (χ4v) is 2.94. The summed E-state index contributed by atoms with van der Waals surface area (Å²) in [6.07, 6.45) is 2.56. The summed E-state index contributed by atoms with van der Waals surface area (Å²) in [5, 5.41) is 33.1. The first-order valence-electron chi connectivity index (χ1n) is 10.9. The predicted octanol–water partition coefficient (Wildman–Crippen LogP) is 0.255. The predicted molar refractivity (Wildman–Crippen MR) is 127 cm³/mol. The number of aliphatic imine (C=N–C) groups is 1. The Bertz CT molecular complexity index is 1030. The topological polar surface area (TPSA) is 185 Å². The highest BCUT2D eigenvalue weighted by atomic mass is 16.4. The average molecular weight is 471 g/mol. The molecule has 0 aromatic carbocycles. The van der Waals surface area contributed by atoms with Crippen LogP contribution >= 0.6 is 0 Å². The molecule has 5 N–H and O–H groups in total. The summed E-state index contributed by atoms with van der Waals surface area (Å²) in [5.41, 5.74) is -0.645. The minimum absolute atomic E-state index is 0.00764. The minimum Gasteiger partial charge on any atom is -0.422 e. The van der Waals surface area contributed by atoms with Crippen LogP contribution in [-0.2, 0) is 9.59 Å². The Hall–Kier alpha value is -3.56. The molecule has 1 aromatic rings. The van der Waals surface area contributed by atoms with Gasteiger partial charge in [0.15, 0.2) is 0 Å². The van der Waals surface area contributed by atoms with Gasteiger partial charge in [0, 0.05) is 12.6 Å². The molecule has 11 nitrogen and oxygen atoms in total. The molecule has 1 rings (SSSR count). The van der Waals surface area contributed by atoms with Crippen molar-refractivity contribution in [3.05, 3.63) is 45.9 Å². The summed E-state index contributed by atoms with van der Waals surface area (Å²) < 4.78 is 0. The highest BCUT2D eigenvalue weighted by Crippen LogP contribution is 2.08. The third-order valence-corrected chi connectivity index (χ3v) is 4.64. The molecular formula is C22H30BN5O6. The van der Waals surface area contributed by atoms with Crippen molar-refractivity contribution >= 4 is 30.5 Å². The number of hydrogen-bond acceptors (Lipinski definition) is 7. The summed E-state index contributed by atoms with van der Waals surface area (Å²) in [7, 11) is -1.91. The molecule has 182 valence electrons. The van der Waals surface area contributed by atoms with Crippen LogP contribution in [0.15, 0.2) is 39.6 Å². The molecular weight excluding hydrogens is 441 g/mol. The number of aromatic nitrogens is 1. The van der Waals surface area contributed by atoms with E-state index in [2.05, 4.69) is 20.6 Å². The lowest BCUT2D eigenvalue weighted by Gasteiger charge is -2.17. The van der Waals surface area contributed by atoms with Crippen LogP contribution in [-0.4, -0.2) is 58.1 Å². The fourth-order valence-electron chi connectivity index (χ4n) is 2.94. The number of allylic oxidation sites excluding steroid dienone is 1. The zero-order chi connectivity index (χ0) is 25.7. The van der Waals surface area contributed by atoms with Crippen LogP contribution in [0.25, 0.3) is 0 Å². The van der Waals surface area contributed by atoms with Crippen molar-refractivity contribution in [1.29, 1.82) is 5.26 Å².